The van der Waals surface area contributed by atoms with E-state index >= 15 is 0 Å². The Morgan fingerprint density at radius 2 is 2.05 bits per heavy atom. The van der Waals surface area contributed by atoms with E-state index in [1.807, 2.05) is 0 Å². The number of halogens is 1. The van der Waals surface area contributed by atoms with Gasteiger partial charge in [-0.25, -0.2) is 9.89 Å². The molecule has 1 aliphatic rings. The molecule has 2 aromatic heterocycles. The Hall–Kier alpha value is -4.88. The number of nitrogens with zero attached hydrogens (tertiary/aromatic N) is 5. The molecule has 2 aromatic carbocycles. The number of amides is 2. The van der Waals surface area contributed by atoms with E-state index in [9.17, 15) is 14.4 Å². The number of carbonyl (C=O) groups is 2. The molecule has 1 unspecified atom stereocenters. The van der Waals surface area contributed by atoms with Crippen molar-refractivity contribution >= 4 is 35.4 Å². The Morgan fingerprint density at radius 1 is 1.21 bits per heavy atom. The number of nitrogens with one attached hydrogen (secondary N) is 4. The smallest absolute Gasteiger partial charge is 0.411 e. The Balaban J connectivity index is 1.40. The Morgan fingerprint density at radius 3 is 2.77 bits per heavy atom. The van der Waals surface area contributed by atoms with Crippen LogP contribution in [0, 0.1) is 5.92 Å². The molecule has 43 heavy (non-hydrogen) atoms. The molecule has 14 heteroatoms. The minimum atomic E-state index is -0.594. The van der Waals surface area contributed by atoms with E-state index in [2.05, 4.69) is 46.4 Å². The largest absolute Gasteiger partial charge is 0.453 e. The molecule has 13 nitrogen and oxygen atoms in total. The van der Waals surface area contributed by atoms with Crippen molar-refractivity contribution < 1.29 is 14.3 Å². The molecule has 3 heterocycles. The second kappa shape index (κ2) is 13.9. The maximum atomic E-state index is 13.3. The number of aromatic amines is 1. The third-order valence-corrected chi connectivity index (χ3v) is 7.33. The van der Waals surface area contributed by atoms with Gasteiger partial charge in [-0.05, 0) is 96.7 Å². The molecule has 1 saturated heterocycles. The van der Waals surface area contributed by atoms with Crippen LogP contribution in [0.5, 0.6) is 0 Å². The van der Waals surface area contributed by atoms with Gasteiger partial charge in [-0.2, -0.15) is 9.78 Å². The van der Waals surface area contributed by atoms with E-state index in [0.29, 0.717) is 51.1 Å². The van der Waals surface area contributed by atoms with Crippen LogP contribution in [0.3, 0.4) is 0 Å². The van der Waals surface area contributed by atoms with E-state index < -0.39 is 12.1 Å². The van der Waals surface area contributed by atoms with Crippen LogP contribution in [0.2, 0.25) is 5.02 Å². The Bertz CT molecular complexity index is 1650. The van der Waals surface area contributed by atoms with Crippen molar-refractivity contribution in [3.8, 4) is 16.8 Å². The van der Waals surface area contributed by atoms with E-state index in [0.717, 1.165) is 25.9 Å². The number of carbonyl (C=O) groups excluding carboxylic acids is 2. The van der Waals surface area contributed by atoms with Crippen molar-refractivity contribution in [2.75, 3.05) is 25.5 Å². The molecule has 4 N–H and O–H groups in total. The van der Waals surface area contributed by atoms with Gasteiger partial charge >= 0.3 is 6.09 Å². The lowest BCUT2D eigenvalue weighted by atomic mass is 9.90. The Labute approximate surface area is 251 Å². The number of hydrogen-bond acceptors (Lipinski definition) is 9. The first kappa shape index (κ1) is 29.6. The average molecular weight is 604 g/mol. The lowest BCUT2D eigenvalue weighted by molar-refractivity contribution is -0.117. The minimum absolute atomic E-state index is 0.309. The van der Waals surface area contributed by atoms with Gasteiger partial charge < -0.3 is 15.4 Å². The average Bonchev–Trinajstić information content (AvgIpc) is 3.56. The molecular weight excluding hydrogens is 574 g/mol. The summed E-state index contributed by atoms with van der Waals surface area (Å²) < 4.78 is 6.11. The monoisotopic (exact) mass is 603 g/mol. The standard InChI is InChI=1S/C29H30ClN9O4/c1-43-29(42)33-22-8-4-19(5-9-22)23-15-25(35-36-28(23)41)24(13-18-3-2-12-31-16-18)34-27(40)11-6-20-14-21(30)7-10-26(20)39-17-32-37-38-39/h4-11,14-15,17-18,24,31H,2-3,12-13,16H2,1H3,(H,33,42)(H,34,40)(H,36,41)/t18?,24-/m0/s1. The number of aromatic nitrogens is 6. The summed E-state index contributed by atoms with van der Waals surface area (Å²) in [4.78, 5) is 37.6. The van der Waals surface area contributed by atoms with Gasteiger partial charge in [-0.3, -0.25) is 14.9 Å². The maximum absolute atomic E-state index is 13.3. The van der Waals surface area contributed by atoms with Crippen LogP contribution >= 0.6 is 11.6 Å². The van der Waals surface area contributed by atoms with Crippen LogP contribution < -0.4 is 21.5 Å². The third-order valence-electron chi connectivity index (χ3n) is 7.09. The van der Waals surface area contributed by atoms with Gasteiger partial charge in [0, 0.05) is 22.3 Å². The van der Waals surface area contributed by atoms with Crippen LogP contribution in [0.15, 0.2) is 65.7 Å². The molecule has 0 bridgehead atoms. The first-order chi connectivity index (χ1) is 20.9. The second-order valence-corrected chi connectivity index (χ2v) is 10.5. The molecule has 222 valence electrons. The van der Waals surface area contributed by atoms with Gasteiger partial charge in [0.05, 0.1) is 30.1 Å². The summed E-state index contributed by atoms with van der Waals surface area (Å²) >= 11 is 6.22. The van der Waals surface area contributed by atoms with Gasteiger partial charge in [0.2, 0.25) is 5.91 Å². The molecule has 0 radical (unpaired) electrons. The number of ether oxygens (including phenoxy) is 1. The van der Waals surface area contributed by atoms with Crippen LogP contribution in [-0.4, -0.2) is 62.6 Å². The number of tetrazole rings is 1. The molecule has 4 aromatic rings. The van der Waals surface area contributed by atoms with E-state index in [1.54, 1.807) is 54.6 Å². The predicted octanol–water partition coefficient (Wildman–Crippen LogP) is 3.50. The fraction of sp³-hybridized carbons (Fsp3) is 0.276. The molecular formula is C29H30ClN9O4. The van der Waals surface area contributed by atoms with Gasteiger partial charge in [-0.1, -0.05) is 23.7 Å². The fourth-order valence-corrected chi connectivity index (χ4v) is 5.13. The molecule has 0 aliphatic carbocycles. The fourth-order valence-electron chi connectivity index (χ4n) is 4.95. The molecule has 2 atom stereocenters. The van der Waals surface area contributed by atoms with Gasteiger partial charge in [-0.15, -0.1) is 5.10 Å². The van der Waals surface area contributed by atoms with Crippen molar-refractivity contribution in [1.82, 2.24) is 41.0 Å². The van der Waals surface area contributed by atoms with Crippen LogP contribution in [0.4, 0.5) is 10.5 Å². The highest BCUT2D eigenvalue weighted by Crippen LogP contribution is 2.27. The zero-order valence-corrected chi connectivity index (χ0v) is 24.0. The number of anilines is 1. The van der Waals surface area contributed by atoms with E-state index in [1.165, 1.54) is 24.2 Å². The summed E-state index contributed by atoms with van der Waals surface area (Å²) in [5.41, 5.74) is 2.98. The molecule has 0 saturated carbocycles. The number of methoxy groups -OCH3 is 1. The number of hydrogen-bond donors (Lipinski definition) is 4. The van der Waals surface area contributed by atoms with Crippen molar-refractivity contribution in [2.45, 2.75) is 25.3 Å². The lowest BCUT2D eigenvalue weighted by Crippen LogP contribution is -2.35. The SMILES string of the molecule is COC(=O)Nc1ccc(-c2cc([C@H](CC3CCCNC3)NC(=O)C=Cc3cc(Cl)ccc3-n3cnnn3)n[nH]c2=O)cc1. The highest BCUT2D eigenvalue weighted by atomic mass is 35.5. The predicted molar refractivity (Wildman–Crippen MR) is 161 cm³/mol. The van der Waals surface area contributed by atoms with Crippen molar-refractivity contribution in [1.29, 1.82) is 0 Å². The normalized spacial score (nSPS) is 15.6. The summed E-state index contributed by atoms with van der Waals surface area (Å²) in [5, 5.41) is 27.8. The number of piperidine rings is 1. The van der Waals surface area contributed by atoms with E-state index in [-0.39, 0.29) is 11.5 Å². The zero-order valence-electron chi connectivity index (χ0n) is 23.3. The molecule has 1 fully saturated rings. The van der Waals surface area contributed by atoms with Gasteiger partial charge in [0.25, 0.3) is 5.56 Å². The number of rotatable bonds is 9. The van der Waals surface area contributed by atoms with E-state index in [4.69, 9.17) is 11.6 Å². The molecule has 0 spiro atoms. The summed E-state index contributed by atoms with van der Waals surface area (Å²) in [6, 6.07) is 13.2. The molecule has 1 aliphatic heterocycles. The van der Waals surface area contributed by atoms with Crippen LogP contribution in [-0.2, 0) is 9.53 Å². The Kier molecular flexibility index (Phi) is 9.54. The molecule has 5 rings (SSSR count). The summed E-state index contributed by atoms with van der Waals surface area (Å²) in [5.74, 6) is -0.0348. The quantitative estimate of drug-likeness (QED) is 0.209. The zero-order chi connectivity index (χ0) is 30.2. The highest BCUT2D eigenvalue weighted by molar-refractivity contribution is 6.30. The minimum Gasteiger partial charge on any atom is -0.453 e. The summed E-state index contributed by atoms with van der Waals surface area (Å²) in [6.45, 7) is 1.78. The van der Waals surface area contributed by atoms with Crippen molar-refractivity contribution in [3.05, 3.63) is 87.6 Å². The third kappa shape index (κ3) is 7.70. The topological polar surface area (TPSA) is 169 Å². The van der Waals surface area contributed by atoms with Gasteiger partial charge in [0.1, 0.15) is 6.33 Å². The summed E-state index contributed by atoms with van der Waals surface area (Å²) in [7, 11) is 1.28. The van der Waals surface area contributed by atoms with Crippen molar-refractivity contribution in [3.63, 3.8) is 0 Å². The maximum Gasteiger partial charge on any atom is 0.411 e. The lowest BCUT2D eigenvalue weighted by Gasteiger charge is -2.27. The van der Waals surface area contributed by atoms with Crippen LogP contribution in [0.25, 0.3) is 22.9 Å². The molecule has 2 amide bonds. The second-order valence-electron chi connectivity index (χ2n) is 10.0. The van der Waals surface area contributed by atoms with Crippen LogP contribution in [0.1, 0.15) is 36.6 Å². The number of benzene rings is 2. The highest BCUT2D eigenvalue weighted by Gasteiger charge is 2.23. The van der Waals surface area contributed by atoms with Crippen molar-refractivity contribution in [2.24, 2.45) is 5.92 Å². The number of H-pyrrole nitrogens is 1. The first-order valence-electron chi connectivity index (χ1n) is 13.7. The first-order valence-corrected chi connectivity index (χ1v) is 14.0. The summed E-state index contributed by atoms with van der Waals surface area (Å²) in [6.07, 6.45) is 6.60. The van der Waals surface area contributed by atoms with Gasteiger partial charge in [0.15, 0.2) is 0 Å².